The molecule has 0 saturated carbocycles. The van der Waals surface area contributed by atoms with Crippen LogP contribution in [-0.2, 0) is 4.79 Å². The van der Waals surface area contributed by atoms with Crippen LogP contribution in [-0.4, -0.2) is 27.8 Å². The summed E-state index contributed by atoms with van der Waals surface area (Å²) in [6.45, 7) is 1.61. The van der Waals surface area contributed by atoms with Gasteiger partial charge in [-0.05, 0) is 42.8 Å². The van der Waals surface area contributed by atoms with Crippen LogP contribution in [0.4, 0.5) is 11.4 Å². The molecular formula is C15H18N2O4. The smallest absolute Gasteiger partial charge is 0.322 e. The topological polar surface area (TPSA) is 116 Å². The van der Waals surface area contributed by atoms with Gasteiger partial charge in [-0.2, -0.15) is 0 Å². The van der Waals surface area contributed by atoms with Gasteiger partial charge in [0.25, 0.3) is 0 Å². The predicted molar refractivity (Wildman–Crippen MR) is 81.5 cm³/mol. The summed E-state index contributed by atoms with van der Waals surface area (Å²) in [5.41, 5.74) is 7.35. The Balaban J connectivity index is 0.000000219. The summed E-state index contributed by atoms with van der Waals surface area (Å²) < 4.78 is 0. The fourth-order valence-corrected chi connectivity index (χ4v) is 1.47. The molecule has 0 bridgehead atoms. The van der Waals surface area contributed by atoms with Crippen molar-refractivity contribution in [2.24, 2.45) is 0 Å². The highest BCUT2D eigenvalue weighted by atomic mass is 16.4. The zero-order chi connectivity index (χ0) is 15.8. The minimum absolute atomic E-state index is 0.0544. The van der Waals surface area contributed by atoms with Crippen LogP contribution in [0.25, 0.3) is 0 Å². The zero-order valence-electron chi connectivity index (χ0n) is 11.6. The van der Waals surface area contributed by atoms with E-state index < -0.39 is 5.97 Å². The van der Waals surface area contributed by atoms with Crippen LogP contribution in [0.1, 0.15) is 5.56 Å². The lowest BCUT2D eigenvalue weighted by Gasteiger charge is -2.04. The number of carboxylic acids is 1. The molecule has 0 radical (unpaired) electrons. The summed E-state index contributed by atoms with van der Waals surface area (Å²) >= 11 is 0. The lowest BCUT2D eigenvalue weighted by atomic mass is 10.2. The largest absolute Gasteiger partial charge is 0.508 e. The number of aliphatic carboxylic acids is 1. The third-order valence-corrected chi connectivity index (χ3v) is 2.55. The first-order valence-electron chi connectivity index (χ1n) is 6.19. The number of carboxylic acid groups (broad SMARTS) is 1. The minimum Gasteiger partial charge on any atom is -0.508 e. The molecule has 0 aromatic heterocycles. The second-order valence-corrected chi connectivity index (χ2v) is 4.31. The number of para-hydroxylation sites is 2. The second-order valence-electron chi connectivity index (χ2n) is 4.31. The predicted octanol–water partition coefficient (Wildman–Crippen LogP) is 2.17. The number of nitrogens with one attached hydrogen (secondary N) is 1. The number of hydrogen-bond donors (Lipinski definition) is 5. The maximum atomic E-state index is 10.1. The van der Waals surface area contributed by atoms with Crippen LogP contribution in [0.2, 0.25) is 0 Å². The first-order chi connectivity index (χ1) is 9.90. The van der Waals surface area contributed by atoms with E-state index in [0.29, 0.717) is 17.1 Å². The van der Waals surface area contributed by atoms with Crippen molar-refractivity contribution in [2.45, 2.75) is 6.92 Å². The number of nitrogen functional groups attached to an aromatic ring is 1. The van der Waals surface area contributed by atoms with E-state index in [1.54, 1.807) is 36.4 Å². The van der Waals surface area contributed by atoms with Gasteiger partial charge in [-0.1, -0.05) is 12.1 Å². The van der Waals surface area contributed by atoms with Gasteiger partial charge >= 0.3 is 5.97 Å². The van der Waals surface area contributed by atoms with Crippen molar-refractivity contribution in [3.63, 3.8) is 0 Å². The lowest BCUT2D eigenvalue weighted by molar-refractivity contribution is -0.134. The second kappa shape index (κ2) is 7.64. The number of hydrogen-bond acceptors (Lipinski definition) is 5. The van der Waals surface area contributed by atoms with E-state index in [1.165, 1.54) is 6.07 Å². The van der Waals surface area contributed by atoms with Gasteiger partial charge in [0, 0.05) is 5.69 Å². The zero-order valence-corrected chi connectivity index (χ0v) is 11.6. The van der Waals surface area contributed by atoms with E-state index in [9.17, 15) is 4.79 Å². The minimum atomic E-state index is -0.960. The maximum absolute atomic E-state index is 10.1. The molecule has 112 valence electrons. The number of aryl methyl sites for hydroxylation is 1. The van der Waals surface area contributed by atoms with E-state index in [0.717, 1.165) is 5.56 Å². The molecule has 0 amide bonds. The van der Waals surface area contributed by atoms with E-state index in [4.69, 9.17) is 21.1 Å². The van der Waals surface area contributed by atoms with Crippen molar-refractivity contribution < 1.29 is 20.1 Å². The quantitative estimate of drug-likeness (QED) is 0.336. The summed E-state index contributed by atoms with van der Waals surface area (Å²) in [5, 5.41) is 29.0. The molecule has 0 atom stereocenters. The molecule has 2 rings (SSSR count). The van der Waals surface area contributed by atoms with Crippen molar-refractivity contribution >= 4 is 17.3 Å². The molecule has 6 heteroatoms. The Kier molecular flexibility index (Phi) is 5.88. The Morgan fingerprint density at radius 3 is 2.33 bits per heavy atom. The van der Waals surface area contributed by atoms with Crippen LogP contribution in [0.3, 0.4) is 0 Å². The molecular weight excluding hydrogens is 272 g/mol. The lowest BCUT2D eigenvalue weighted by Crippen LogP contribution is -2.12. The number of carbonyl (C=O) groups is 1. The number of aromatic hydroxyl groups is 2. The third kappa shape index (κ3) is 5.73. The van der Waals surface area contributed by atoms with Crippen LogP contribution >= 0.6 is 0 Å². The van der Waals surface area contributed by atoms with Gasteiger partial charge in [-0.3, -0.25) is 4.79 Å². The first kappa shape index (κ1) is 16.2. The van der Waals surface area contributed by atoms with Crippen molar-refractivity contribution in [1.82, 2.24) is 0 Å². The first-order valence-corrected chi connectivity index (χ1v) is 6.19. The van der Waals surface area contributed by atoms with Gasteiger partial charge in [0.15, 0.2) is 0 Å². The van der Waals surface area contributed by atoms with Gasteiger partial charge in [0.2, 0.25) is 0 Å². The molecule has 0 fully saturated rings. The molecule has 6 nitrogen and oxygen atoms in total. The third-order valence-electron chi connectivity index (χ3n) is 2.55. The van der Waals surface area contributed by atoms with Gasteiger partial charge < -0.3 is 26.4 Å². The van der Waals surface area contributed by atoms with Gasteiger partial charge in [0.05, 0.1) is 5.69 Å². The summed E-state index contributed by atoms with van der Waals surface area (Å²) in [4.78, 5) is 10.1. The van der Waals surface area contributed by atoms with Crippen LogP contribution < -0.4 is 11.1 Å². The fraction of sp³-hybridized carbons (Fsp3) is 0.133. The molecule has 0 aliphatic heterocycles. The summed E-state index contributed by atoms with van der Waals surface area (Å²) in [7, 11) is 0. The van der Waals surface area contributed by atoms with E-state index >= 15 is 0 Å². The normalized spacial score (nSPS) is 9.38. The highest BCUT2D eigenvalue weighted by molar-refractivity contribution is 5.73. The standard InChI is InChI=1S/C8H9NO3.C7H9NO/c10-7-4-2-1-3-6(7)9-5-8(11)12;1-5-4-6(8)2-3-7(5)9/h1-4,9-10H,5H2,(H,11,12);2-4,9H,8H2,1H3. The van der Waals surface area contributed by atoms with E-state index in [2.05, 4.69) is 5.32 Å². The Bertz CT molecular complexity index is 614. The van der Waals surface area contributed by atoms with E-state index in [-0.39, 0.29) is 12.3 Å². The highest BCUT2D eigenvalue weighted by Crippen LogP contribution is 2.20. The van der Waals surface area contributed by atoms with Gasteiger partial charge in [-0.25, -0.2) is 0 Å². The van der Waals surface area contributed by atoms with E-state index in [1.807, 2.05) is 6.92 Å². The number of benzene rings is 2. The molecule has 2 aromatic rings. The molecule has 0 heterocycles. The average Bonchev–Trinajstić information content (AvgIpc) is 2.43. The Labute approximate surface area is 122 Å². The summed E-state index contributed by atoms with van der Waals surface area (Å²) in [6, 6.07) is 11.5. The number of anilines is 2. The van der Waals surface area contributed by atoms with Crippen LogP contribution in [0.15, 0.2) is 42.5 Å². The van der Waals surface area contributed by atoms with Gasteiger partial charge in [0.1, 0.15) is 18.0 Å². The summed E-state index contributed by atoms with van der Waals surface area (Å²) in [5.74, 6) is -0.610. The molecule has 0 unspecified atom stereocenters. The Morgan fingerprint density at radius 2 is 1.81 bits per heavy atom. The molecule has 2 aromatic carbocycles. The average molecular weight is 290 g/mol. The molecule has 0 aliphatic rings. The van der Waals surface area contributed by atoms with Crippen molar-refractivity contribution in [2.75, 3.05) is 17.6 Å². The van der Waals surface area contributed by atoms with Crippen LogP contribution in [0, 0.1) is 6.92 Å². The number of phenols is 2. The molecule has 6 N–H and O–H groups in total. The van der Waals surface area contributed by atoms with Crippen molar-refractivity contribution in [1.29, 1.82) is 0 Å². The maximum Gasteiger partial charge on any atom is 0.322 e. The number of phenolic OH excluding ortho intramolecular Hbond substituents is 2. The SMILES string of the molecule is Cc1cc(N)ccc1O.O=C(O)CNc1ccccc1O. The Hall–Kier alpha value is -2.89. The molecule has 0 saturated heterocycles. The Morgan fingerprint density at radius 1 is 1.14 bits per heavy atom. The van der Waals surface area contributed by atoms with Crippen molar-refractivity contribution in [3.8, 4) is 11.5 Å². The monoisotopic (exact) mass is 290 g/mol. The van der Waals surface area contributed by atoms with Gasteiger partial charge in [-0.15, -0.1) is 0 Å². The highest BCUT2D eigenvalue weighted by Gasteiger charge is 2.00. The molecule has 0 spiro atoms. The van der Waals surface area contributed by atoms with Crippen LogP contribution in [0.5, 0.6) is 11.5 Å². The van der Waals surface area contributed by atoms with Crippen molar-refractivity contribution in [3.05, 3.63) is 48.0 Å². The fourth-order valence-electron chi connectivity index (χ4n) is 1.47. The number of rotatable bonds is 3. The summed E-state index contributed by atoms with van der Waals surface area (Å²) in [6.07, 6.45) is 0. The molecule has 21 heavy (non-hydrogen) atoms. The molecule has 0 aliphatic carbocycles. The number of nitrogens with two attached hydrogens (primary N) is 1.